The van der Waals surface area contributed by atoms with Crippen LogP contribution in [0.5, 0.6) is 5.88 Å². The first-order valence-electron chi connectivity index (χ1n) is 8.83. The Hall–Kier alpha value is -2.11. The number of aromatic nitrogens is 1. The van der Waals surface area contributed by atoms with Crippen LogP contribution in [-0.2, 0) is 5.41 Å². The number of rotatable bonds is 5. The third kappa shape index (κ3) is 4.00. The first-order valence-corrected chi connectivity index (χ1v) is 9.21. The molecule has 0 atom stereocenters. The Morgan fingerprint density at radius 3 is 2.77 bits per heavy atom. The average molecular weight is 374 g/mol. The topological polar surface area (TPSA) is 77.2 Å². The molecule has 3 rings (SSSR count). The lowest BCUT2D eigenvalue weighted by Gasteiger charge is -2.40. The van der Waals surface area contributed by atoms with Crippen LogP contribution in [0.3, 0.4) is 0 Å². The molecule has 1 aliphatic carbocycles. The maximum atomic E-state index is 12.5. The molecule has 1 aromatic heterocycles. The van der Waals surface area contributed by atoms with Gasteiger partial charge in [-0.2, -0.15) is 0 Å². The first-order chi connectivity index (χ1) is 12.6. The van der Waals surface area contributed by atoms with Crippen LogP contribution in [0.1, 0.15) is 41.6 Å². The molecule has 0 unspecified atom stereocenters. The number of halogens is 1. The van der Waals surface area contributed by atoms with Gasteiger partial charge in [-0.1, -0.05) is 23.7 Å². The van der Waals surface area contributed by atoms with Crippen molar-refractivity contribution in [3.05, 3.63) is 58.7 Å². The van der Waals surface area contributed by atoms with E-state index in [0.29, 0.717) is 18.0 Å². The highest BCUT2D eigenvalue weighted by Crippen LogP contribution is 2.39. The molecular weight excluding hydrogens is 350 g/mol. The average Bonchev–Trinajstić information content (AvgIpc) is 2.69. The molecule has 6 heteroatoms. The number of nitrogens with one attached hydrogen (secondary N) is 1. The fourth-order valence-electron chi connectivity index (χ4n) is 3.67. The van der Waals surface area contributed by atoms with Crippen molar-refractivity contribution >= 4 is 17.5 Å². The zero-order valence-corrected chi connectivity index (χ0v) is 15.6. The van der Waals surface area contributed by atoms with E-state index in [4.69, 9.17) is 22.1 Å². The van der Waals surface area contributed by atoms with Gasteiger partial charge in [0.05, 0.1) is 7.11 Å². The lowest BCUT2D eigenvalue weighted by atomic mass is 9.68. The Bertz CT molecular complexity index is 773. The maximum Gasteiger partial charge on any atom is 0.251 e. The standard InChI is InChI=1S/C20H24ClN3O2/c1-26-18-11-14(7-10-23-18)19(25)24-17-5-8-20(13-22,9-6-17)15-3-2-4-16(21)12-15/h2-4,7,10-12,17H,5-6,8-9,13,22H2,1H3,(H,24,25)/t17-,20-. The molecule has 0 radical (unpaired) electrons. The van der Waals surface area contributed by atoms with Gasteiger partial charge in [-0.05, 0) is 49.4 Å². The fraction of sp³-hybridized carbons (Fsp3) is 0.400. The number of ether oxygens (including phenoxy) is 1. The van der Waals surface area contributed by atoms with Gasteiger partial charge in [-0.25, -0.2) is 4.98 Å². The normalized spacial score (nSPS) is 22.7. The summed E-state index contributed by atoms with van der Waals surface area (Å²) in [5.41, 5.74) is 7.82. The van der Waals surface area contributed by atoms with E-state index in [1.165, 1.54) is 12.7 Å². The van der Waals surface area contributed by atoms with E-state index in [0.717, 1.165) is 30.7 Å². The molecule has 0 saturated heterocycles. The SMILES string of the molecule is COc1cc(C(=O)N[C@H]2CC[C@](CN)(c3cccc(Cl)c3)CC2)ccn1. The molecule has 1 saturated carbocycles. The fourth-order valence-corrected chi connectivity index (χ4v) is 3.87. The number of nitrogens with zero attached hydrogens (tertiary/aromatic N) is 1. The Balaban J connectivity index is 1.65. The smallest absolute Gasteiger partial charge is 0.251 e. The molecule has 0 bridgehead atoms. The van der Waals surface area contributed by atoms with Gasteiger partial charge in [0.2, 0.25) is 5.88 Å². The van der Waals surface area contributed by atoms with Gasteiger partial charge in [0.25, 0.3) is 5.91 Å². The van der Waals surface area contributed by atoms with Gasteiger partial charge >= 0.3 is 0 Å². The highest BCUT2D eigenvalue weighted by atomic mass is 35.5. The summed E-state index contributed by atoms with van der Waals surface area (Å²) >= 11 is 6.16. The number of carbonyl (C=O) groups excluding carboxylic acids is 1. The van der Waals surface area contributed by atoms with Crippen molar-refractivity contribution in [2.75, 3.05) is 13.7 Å². The van der Waals surface area contributed by atoms with E-state index in [2.05, 4.69) is 16.4 Å². The molecule has 26 heavy (non-hydrogen) atoms. The van der Waals surface area contributed by atoms with Crippen molar-refractivity contribution in [2.45, 2.75) is 37.1 Å². The highest BCUT2D eigenvalue weighted by molar-refractivity contribution is 6.30. The van der Waals surface area contributed by atoms with Gasteiger partial charge in [0, 0.05) is 40.9 Å². The third-order valence-electron chi connectivity index (χ3n) is 5.31. The monoisotopic (exact) mass is 373 g/mol. The molecule has 2 aromatic rings. The molecule has 138 valence electrons. The Morgan fingerprint density at radius 2 is 2.12 bits per heavy atom. The van der Waals surface area contributed by atoms with Crippen molar-refractivity contribution in [2.24, 2.45) is 5.73 Å². The van der Waals surface area contributed by atoms with Crippen LogP contribution >= 0.6 is 11.6 Å². The lowest BCUT2D eigenvalue weighted by molar-refractivity contribution is 0.0917. The lowest BCUT2D eigenvalue weighted by Crippen LogP contribution is -2.45. The van der Waals surface area contributed by atoms with Crippen molar-refractivity contribution in [3.63, 3.8) is 0 Å². The van der Waals surface area contributed by atoms with E-state index in [9.17, 15) is 4.79 Å². The summed E-state index contributed by atoms with van der Waals surface area (Å²) in [6.45, 7) is 0.579. The zero-order chi connectivity index (χ0) is 18.6. The molecule has 1 heterocycles. The van der Waals surface area contributed by atoms with E-state index < -0.39 is 0 Å². The summed E-state index contributed by atoms with van der Waals surface area (Å²) in [4.78, 5) is 16.5. The number of pyridine rings is 1. The van der Waals surface area contributed by atoms with Crippen molar-refractivity contribution in [1.82, 2.24) is 10.3 Å². The summed E-state index contributed by atoms with van der Waals surface area (Å²) in [7, 11) is 1.54. The Labute approximate surface area is 158 Å². The molecular formula is C20H24ClN3O2. The second-order valence-corrected chi connectivity index (χ2v) is 7.27. The quantitative estimate of drug-likeness (QED) is 0.842. The van der Waals surface area contributed by atoms with Crippen LogP contribution in [0.25, 0.3) is 0 Å². The summed E-state index contributed by atoms with van der Waals surface area (Å²) in [6, 6.07) is 11.4. The van der Waals surface area contributed by atoms with E-state index in [1.54, 1.807) is 18.3 Å². The van der Waals surface area contributed by atoms with Crippen LogP contribution < -0.4 is 15.8 Å². The summed E-state index contributed by atoms with van der Waals surface area (Å²) < 4.78 is 5.08. The summed E-state index contributed by atoms with van der Waals surface area (Å²) in [5.74, 6) is 0.336. The van der Waals surface area contributed by atoms with Crippen LogP contribution in [-0.4, -0.2) is 30.6 Å². The predicted molar refractivity (Wildman–Crippen MR) is 103 cm³/mol. The number of hydrogen-bond donors (Lipinski definition) is 2. The molecule has 1 aliphatic rings. The molecule has 1 fully saturated rings. The Kier molecular flexibility index (Phi) is 5.79. The number of carbonyl (C=O) groups is 1. The minimum atomic E-state index is -0.0984. The molecule has 3 N–H and O–H groups in total. The number of amides is 1. The van der Waals surface area contributed by atoms with E-state index >= 15 is 0 Å². The van der Waals surface area contributed by atoms with Crippen LogP contribution in [0.2, 0.25) is 5.02 Å². The van der Waals surface area contributed by atoms with Gasteiger partial charge in [0.15, 0.2) is 0 Å². The summed E-state index contributed by atoms with van der Waals surface area (Å²) in [6.07, 6.45) is 5.20. The number of hydrogen-bond acceptors (Lipinski definition) is 4. The first kappa shape index (κ1) is 18.7. The van der Waals surface area contributed by atoms with Gasteiger partial charge in [-0.3, -0.25) is 4.79 Å². The number of nitrogens with two attached hydrogens (primary N) is 1. The van der Waals surface area contributed by atoms with Crippen LogP contribution in [0.4, 0.5) is 0 Å². The van der Waals surface area contributed by atoms with Crippen molar-refractivity contribution < 1.29 is 9.53 Å². The molecule has 1 aromatic carbocycles. The van der Waals surface area contributed by atoms with Crippen LogP contribution in [0.15, 0.2) is 42.6 Å². The molecule has 0 aliphatic heterocycles. The van der Waals surface area contributed by atoms with E-state index in [1.807, 2.05) is 18.2 Å². The van der Waals surface area contributed by atoms with Crippen molar-refractivity contribution in [1.29, 1.82) is 0 Å². The maximum absolute atomic E-state index is 12.5. The second kappa shape index (κ2) is 8.06. The Morgan fingerprint density at radius 1 is 1.35 bits per heavy atom. The highest BCUT2D eigenvalue weighted by Gasteiger charge is 2.36. The number of methoxy groups -OCH3 is 1. The largest absolute Gasteiger partial charge is 0.481 e. The van der Waals surface area contributed by atoms with Gasteiger partial charge in [0.1, 0.15) is 0 Å². The second-order valence-electron chi connectivity index (χ2n) is 6.83. The minimum absolute atomic E-state index is 0.0635. The minimum Gasteiger partial charge on any atom is -0.481 e. The van der Waals surface area contributed by atoms with E-state index in [-0.39, 0.29) is 17.4 Å². The summed E-state index contributed by atoms with van der Waals surface area (Å²) in [5, 5.41) is 3.86. The van der Waals surface area contributed by atoms with Crippen LogP contribution in [0, 0.1) is 0 Å². The number of benzene rings is 1. The zero-order valence-electron chi connectivity index (χ0n) is 14.9. The molecule has 1 amide bonds. The van der Waals surface area contributed by atoms with Gasteiger partial charge < -0.3 is 15.8 Å². The molecule has 5 nitrogen and oxygen atoms in total. The predicted octanol–water partition coefficient (Wildman–Crippen LogP) is 3.31. The van der Waals surface area contributed by atoms with Crippen molar-refractivity contribution in [3.8, 4) is 5.88 Å². The molecule has 0 spiro atoms. The third-order valence-corrected chi connectivity index (χ3v) is 5.55. The van der Waals surface area contributed by atoms with Gasteiger partial charge in [-0.15, -0.1) is 0 Å².